The Kier molecular flexibility index (Phi) is 9.18. The van der Waals surface area contributed by atoms with E-state index in [9.17, 15) is 4.79 Å². The molecule has 0 aromatic heterocycles. The minimum absolute atomic E-state index is 0. The number of phenolic OH excluding ortho intramolecular Hbond substituents is 1. The second-order valence-corrected chi connectivity index (χ2v) is 4.37. The van der Waals surface area contributed by atoms with E-state index in [1.165, 1.54) is 12.1 Å². The van der Waals surface area contributed by atoms with Crippen molar-refractivity contribution >= 4 is 35.1 Å². The van der Waals surface area contributed by atoms with Crippen LogP contribution in [0, 0.1) is 0 Å². The van der Waals surface area contributed by atoms with E-state index >= 15 is 0 Å². The zero-order valence-corrected chi connectivity index (χ0v) is 11.4. The SMILES string of the molecule is N.N.O=C(O)[C@H](Cc1ccc(O)cc1)NC(=S)S. The van der Waals surface area contributed by atoms with Gasteiger partial charge in [-0.25, -0.2) is 4.79 Å². The van der Waals surface area contributed by atoms with Crippen molar-refractivity contribution in [3.05, 3.63) is 29.8 Å². The number of hydrogen-bond donors (Lipinski definition) is 6. The molecule has 1 aromatic carbocycles. The Morgan fingerprint density at radius 1 is 1.33 bits per heavy atom. The molecule has 0 radical (unpaired) electrons. The van der Waals surface area contributed by atoms with Gasteiger partial charge in [0.2, 0.25) is 0 Å². The molecule has 0 bridgehead atoms. The average molecular weight is 291 g/mol. The lowest BCUT2D eigenvalue weighted by atomic mass is 10.1. The van der Waals surface area contributed by atoms with E-state index in [1.807, 2.05) is 0 Å². The number of aromatic hydroxyl groups is 1. The van der Waals surface area contributed by atoms with Crippen molar-refractivity contribution in [2.75, 3.05) is 0 Å². The average Bonchev–Trinajstić information content (AvgIpc) is 2.19. The van der Waals surface area contributed by atoms with Crippen LogP contribution in [0.25, 0.3) is 0 Å². The van der Waals surface area contributed by atoms with Crippen molar-refractivity contribution in [3.8, 4) is 5.75 Å². The predicted octanol–water partition coefficient (Wildman–Crippen LogP) is 1.52. The number of hydrogen-bond acceptors (Lipinski definition) is 5. The molecule has 0 aliphatic rings. The Morgan fingerprint density at radius 3 is 2.22 bits per heavy atom. The maximum absolute atomic E-state index is 10.9. The Labute approximate surface area is 116 Å². The summed E-state index contributed by atoms with van der Waals surface area (Å²) in [7, 11) is 0. The highest BCUT2D eigenvalue weighted by atomic mass is 32.1. The Bertz CT molecular complexity index is 398. The molecule has 0 unspecified atom stereocenters. The van der Waals surface area contributed by atoms with Crippen LogP contribution in [0.4, 0.5) is 0 Å². The fourth-order valence-corrected chi connectivity index (χ4v) is 1.51. The van der Waals surface area contributed by atoms with Gasteiger partial charge in [-0.2, -0.15) is 0 Å². The van der Waals surface area contributed by atoms with Gasteiger partial charge < -0.3 is 27.8 Å². The molecular formula is C10H17N3O3S2. The topological polar surface area (TPSA) is 140 Å². The van der Waals surface area contributed by atoms with E-state index in [-0.39, 0.29) is 28.8 Å². The lowest BCUT2D eigenvalue weighted by molar-refractivity contribution is -0.138. The summed E-state index contributed by atoms with van der Waals surface area (Å²) in [6.45, 7) is 0. The molecule has 9 N–H and O–H groups in total. The molecular weight excluding hydrogens is 274 g/mol. The summed E-state index contributed by atoms with van der Waals surface area (Å²) in [5.41, 5.74) is 0.794. The Balaban J connectivity index is 0. The van der Waals surface area contributed by atoms with E-state index in [0.717, 1.165) is 5.56 Å². The normalized spacial score (nSPS) is 10.5. The van der Waals surface area contributed by atoms with Gasteiger partial charge in [-0.05, 0) is 17.7 Å². The fraction of sp³-hybridized carbons (Fsp3) is 0.200. The molecule has 0 saturated heterocycles. The first kappa shape index (κ1) is 19.0. The van der Waals surface area contributed by atoms with Gasteiger partial charge >= 0.3 is 5.97 Å². The molecule has 18 heavy (non-hydrogen) atoms. The zero-order valence-electron chi connectivity index (χ0n) is 9.67. The Hall–Kier alpha value is -1.35. The van der Waals surface area contributed by atoms with Gasteiger partial charge in [-0.15, -0.1) is 12.6 Å². The number of carboxylic acid groups (broad SMARTS) is 1. The van der Waals surface area contributed by atoms with Crippen LogP contribution in [0.3, 0.4) is 0 Å². The fourth-order valence-electron chi connectivity index (χ4n) is 1.22. The van der Waals surface area contributed by atoms with Crippen LogP contribution >= 0.6 is 24.8 Å². The standard InChI is InChI=1S/C10H11NO3S2.2H3N/c12-7-3-1-6(2-4-7)5-8(9(13)14)11-10(15)16;;/h1-4,8,12H,5H2,(H,13,14)(H2,11,15,16);2*1H3/t8-;;/m0../s1. The third-order valence-corrected chi connectivity index (χ3v) is 2.22. The van der Waals surface area contributed by atoms with Gasteiger partial charge in [0.15, 0.2) is 0 Å². The third kappa shape index (κ3) is 6.40. The predicted molar refractivity (Wildman–Crippen MR) is 78.0 cm³/mol. The monoisotopic (exact) mass is 291 g/mol. The van der Waals surface area contributed by atoms with Gasteiger partial charge in [0.05, 0.1) is 0 Å². The van der Waals surface area contributed by atoms with Crippen molar-refractivity contribution in [2.24, 2.45) is 0 Å². The molecule has 1 atom stereocenters. The van der Waals surface area contributed by atoms with Gasteiger partial charge in [-0.3, -0.25) is 0 Å². The van der Waals surface area contributed by atoms with E-state index in [1.54, 1.807) is 12.1 Å². The first-order valence-corrected chi connectivity index (χ1v) is 5.35. The first-order chi connectivity index (χ1) is 7.49. The molecule has 0 aliphatic carbocycles. The summed E-state index contributed by atoms with van der Waals surface area (Å²) in [6.07, 6.45) is 0.274. The molecule has 0 amide bonds. The molecule has 6 nitrogen and oxygen atoms in total. The smallest absolute Gasteiger partial charge is 0.326 e. The van der Waals surface area contributed by atoms with Crippen LogP contribution in [-0.2, 0) is 11.2 Å². The van der Waals surface area contributed by atoms with Crippen LogP contribution < -0.4 is 17.6 Å². The van der Waals surface area contributed by atoms with Gasteiger partial charge in [0.25, 0.3) is 0 Å². The van der Waals surface area contributed by atoms with Gasteiger partial charge in [0, 0.05) is 6.42 Å². The summed E-state index contributed by atoms with van der Waals surface area (Å²) in [5.74, 6) is -0.849. The lowest BCUT2D eigenvalue weighted by Crippen LogP contribution is -2.39. The molecule has 102 valence electrons. The van der Waals surface area contributed by atoms with Crippen molar-refractivity contribution in [1.29, 1.82) is 0 Å². The summed E-state index contributed by atoms with van der Waals surface area (Å²) in [5, 5.41) is 20.6. The number of nitrogens with one attached hydrogen (secondary N) is 1. The van der Waals surface area contributed by atoms with Crippen molar-refractivity contribution in [1.82, 2.24) is 17.6 Å². The molecule has 0 aliphatic heterocycles. The summed E-state index contributed by atoms with van der Waals surface area (Å²) in [4.78, 5) is 10.9. The van der Waals surface area contributed by atoms with Crippen molar-refractivity contribution < 1.29 is 15.0 Å². The quantitative estimate of drug-likeness (QED) is 0.365. The highest BCUT2D eigenvalue weighted by Crippen LogP contribution is 2.11. The van der Waals surface area contributed by atoms with E-state index in [4.69, 9.17) is 10.2 Å². The van der Waals surface area contributed by atoms with Crippen molar-refractivity contribution in [3.63, 3.8) is 0 Å². The summed E-state index contributed by atoms with van der Waals surface area (Å²) < 4.78 is 0.145. The molecule has 1 rings (SSSR count). The molecule has 0 heterocycles. The van der Waals surface area contributed by atoms with Gasteiger partial charge in [-0.1, -0.05) is 24.4 Å². The second kappa shape index (κ2) is 8.70. The van der Waals surface area contributed by atoms with Crippen LogP contribution in [0.1, 0.15) is 5.56 Å². The lowest BCUT2D eigenvalue weighted by Gasteiger charge is -2.13. The molecule has 0 spiro atoms. The largest absolute Gasteiger partial charge is 0.508 e. The number of carboxylic acids is 1. The number of aliphatic carboxylic acids is 1. The number of phenols is 1. The summed E-state index contributed by atoms with van der Waals surface area (Å²) in [6, 6.07) is 5.53. The maximum atomic E-state index is 10.9. The number of carbonyl (C=O) groups is 1. The number of benzene rings is 1. The summed E-state index contributed by atoms with van der Waals surface area (Å²) >= 11 is 8.51. The van der Waals surface area contributed by atoms with Crippen LogP contribution in [0.2, 0.25) is 0 Å². The number of thiol groups is 1. The van der Waals surface area contributed by atoms with E-state index in [2.05, 4.69) is 30.2 Å². The Morgan fingerprint density at radius 2 is 1.83 bits per heavy atom. The minimum atomic E-state index is -0.996. The molecule has 0 saturated carbocycles. The number of thiocarbonyl (C=S) groups is 1. The molecule has 0 fully saturated rings. The highest BCUT2D eigenvalue weighted by Gasteiger charge is 2.17. The van der Waals surface area contributed by atoms with Crippen LogP contribution in [-0.4, -0.2) is 26.5 Å². The van der Waals surface area contributed by atoms with E-state index < -0.39 is 12.0 Å². The molecule has 1 aromatic rings. The zero-order chi connectivity index (χ0) is 12.1. The van der Waals surface area contributed by atoms with Crippen LogP contribution in [0.5, 0.6) is 5.75 Å². The first-order valence-electron chi connectivity index (χ1n) is 4.49. The maximum Gasteiger partial charge on any atom is 0.326 e. The number of rotatable bonds is 4. The van der Waals surface area contributed by atoms with E-state index in [0.29, 0.717) is 0 Å². The molecule has 8 heteroatoms. The van der Waals surface area contributed by atoms with Gasteiger partial charge in [0.1, 0.15) is 16.1 Å². The van der Waals surface area contributed by atoms with Crippen LogP contribution in [0.15, 0.2) is 24.3 Å². The van der Waals surface area contributed by atoms with Crippen molar-refractivity contribution in [2.45, 2.75) is 12.5 Å². The third-order valence-electron chi connectivity index (χ3n) is 1.97. The second-order valence-electron chi connectivity index (χ2n) is 3.21. The minimum Gasteiger partial charge on any atom is -0.508 e. The highest BCUT2D eigenvalue weighted by molar-refractivity contribution is 8.11.